The predicted molar refractivity (Wildman–Crippen MR) is 138 cm³/mol. The molecule has 9 heteroatoms. The molecule has 1 aliphatic rings. The second kappa shape index (κ2) is 12.3. The molecule has 1 amide bonds. The SMILES string of the molecule is CCC1CCC(CNC(=O)c2cc(F)cc(C(F)(F)F)c2)CC1.Cc1nc(N(C)C)c2ccccc2n1. The average Bonchev–Trinajstić information content (AvgIpc) is 2.86. The first-order valence-electron chi connectivity index (χ1n) is 12.5. The van der Waals surface area contributed by atoms with Crippen LogP contribution in [0.2, 0.25) is 0 Å². The molecular formula is C28H34F4N4O. The standard InChI is InChI=1S/C17H21F4NO.C11H13N3/c1-2-11-3-5-12(6-4-11)10-22-16(23)13-7-14(17(19,20)21)9-15(18)8-13;1-8-12-10-7-5-4-6-9(10)11(13-8)14(2)3/h7-9,11-12H,2-6,10H2,1H3,(H,22,23);4-7H,1-3H3. The normalized spacial score (nSPS) is 17.6. The topological polar surface area (TPSA) is 58.1 Å². The van der Waals surface area contributed by atoms with Gasteiger partial charge in [0.2, 0.25) is 0 Å². The molecule has 0 radical (unpaired) electrons. The number of aromatic nitrogens is 2. The fourth-order valence-electron chi connectivity index (χ4n) is 4.58. The monoisotopic (exact) mass is 518 g/mol. The summed E-state index contributed by atoms with van der Waals surface area (Å²) in [5.74, 6) is 1.15. The Hall–Kier alpha value is -3.23. The van der Waals surface area contributed by atoms with Crippen LogP contribution in [-0.4, -0.2) is 36.5 Å². The van der Waals surface area contributed by atoms with Crippen LogP contribution in [0.3, 0.4) is 0 Å². The van der Waals surface area contributed by atoms with Crippen molar-refractivity contribution in [2.24, 2.45) is 11.8 Å². The fourth-order valence-corrected chi connectivity index (χ4v) is 4.58. The van der Waals surface area contributed by atoms with Gasteiger partial charge in [0, 0.05) is 31.6 Å². The molecule has 1 aromatic heterocycles. The molecule has 0 unspecified atom stereocenters. The summed E-state index contributed by atoms with van der Waals surface area (Å²) in [6.07, 6.45) is 0.744. The maximum atomic E-state index is 13.3. The van der Waals surface area contributed by atoms with Crippen molar-refractivity contribution < 1.29 is 22.4 Å². The lowest BCUT2D eigenvalue weighted by Gasteiger charge is -2.27. The number of anilines is 1. The molecule has 5 nitrogen and oxygen atoms in total. The molecule has 1 N–H and O–H groups in total. The van der Waals surface area contributed by atoms with Crippen molar-refractivity contribution in [3.05, 3.63) is 65.2 Å². The van der Waals surface area contributed by atoms with Gasteiger partial charge in [-0.3, -0.25) is 4.79 Å². The third-order valence-corrected chi connectivity index (χ3v) is 6.70. The van der Waals surface area contributed by atoms with Gasteiger partial charge >= 0.3 is 6.18 Å². The minimum absolute atomic E-state index is 0.292. The number of nitrogens with one attached hydrogen (secondary N) is 1. The van der Waals surface area contributed by atoms with Crippen LogP contribution in [0.25, 0.3) is 10.9 Å². The minimum atomic E-state index is -4.67. The second-order valence-electron chi connectivity index (χ2n) is 9.74. The first kappa shape index (κ1) is 28.3. The second-order valence-corrected chi connectivity index (χ2v) is 9.74. The summed E-state index contributed by atoms with van der Waals surface area (Å²) >= 11 is 0. The van der Waals surface area contributed by atoms with Crippen LogP contribution < -0.4 is 10.2 Å². The van der Waals surface area contributed by atoms with E-state index in [1.165, 1.54) is 0 Å². The van der Waals surface area contributed by atoms with Crippen molar-refractivity contribution in [3.63, 3.8) is 0 Å². The molecule has 0 spiro atoms. The van der Waals surface area contributed by atoms with Gasteiger partial charge in [-0.15, -0.1) is 0 Å². The summed E-state index contributed by atoms with van der Waals surface area (Å²) in [7, 11) is 3.99. The van der Waals surface area contributed by atoms with Gasteiger partial charge in [-0.1, -0.05) is 38.3 Å². The van der Waals surface area contributed by atoms with E-state index < -0.39 is 23.5 Å². The molecule has 0 bridgehead atoms. The van der Waals surface area contributed by atoms with E-state index in [0.717, 1.165) is 66.6 Å². The average molecular weight is 519 g/mol. The molecule has 2 aromatic carbocycles. The maximum Gasteiger partial charge on any atom is 0.416 e. The van der Waals surface area contributed by atoms with E-state index in [-0.39, 0.29) is 5.56 Å². The Morgan fingerprint density at radius 2 is 1.68 bits per heavy atom. The van der Waals surface area contributed by atoms with Crippen molar-refractivity contribution in [3.8, 4) is 0 Å². The van der Waals surface area contributed by atoms with Crippen LogP contribution in [0.4, 0.5) is 23.4 Å². The summed E-state index contributed by atoms with van der Waals surface area (Å²) in [6.45, 7) is 4.50. The van der Waals surface area contributed by atoms with Gasteiger partial charge in [0.05, 0.1) is 11.1 Å². The zero-order valence-corrected chi connectivity index (χ0v) is 21.7. The molecular weight excluding hydrogens is 484 g/mol. The first-order valence-corrected chi connectivity index (χ1v) is 12.5. The number of benzene rings is 2. The fraction of sp³-hybridized carbons (Fsp3) is 0.464. The van der Waals surface area contributed by atoms with Crippen molar-refractivity contribution in [2.75, 3.05) is 25.5 Å². The lowest BCUT2D eigenvalue weighted by molar-refractivity contribution is -0.137. The van der Waals surface area contributed by atoms with E-state index in [1.54, 1.807) is 0 Å². The molecule has 0 atom stereocenters. The maximum absolute atomic E-state index is 13.3. The van der Waals surface area contributed by atoms with Gasteiger partial charge in [0.1, 0.15) is 17.5 Å². The predicted octanol–water partition coefficient (Wildman–Crippen LogP) is 6.79. The number of carbonyl (C=O) groups excluding carboxylic acids is 1. The van der Waals surface area contributed by atoms with Gasteiger partial charge in [0.15, 0.2) is 0 Å². The van der Waals surface area contributed by atoms with E-state index in [4.69, 9.17) is 0 Å². The first-order chi connectivity index (χ1) is 17.5. The Morgan fingerprint density at radius 1 is 1.03 bits per heavy atom. The molecule has 0 saturated heterocycles. The molecule has 37 heavy (non-hydrogen) atoms. The third kappa shape index (κ3) is 7.87. The van der Waals surface area contributed by atoms with Crippen molar-refractivity contribution in [1.82, 2.24) is 15.3 Å². The smallest absolute Gasteiger partial charge is 0.362 e. The van der Waals surface area contributed by atoms with E-state index in [2.05, 4.69) is 22.2 Å². The Balaban J connectivity index is 0.000000231. The number of hydrogen-bond donors (Lipinski definition) is 1. The molecule has 4 rings (SSSR count). The summed E-state index contributed by atoms with van der Waals surface area (Å²) in [4.78, 5) is 22.8. The van der Waals surface area contributed by atoms with Crippen LogP contribution in [0.5, 0.6) is 0 Å². The lowest BCUT2D eigenvalue weighted by atomic mass is 9.81. The van der Waals surface area contributed by atoms with Crippen LogP contribution in [-0.2, 0) is 6.18 Å². The highest BCUT2D eigenvalue weighted by Crippen LogP contribution is 2.31. The number of hydrogen-bond acceptors (Lipinski definition) is 4. The van der Waals surface area contributed by atoms with Gasteiger partial charge < -0.3 is 10.2 Å². The zero-order chi connectivity index (χ0) is 27.2. The van der Waals surface area contributed by atoms with Gasteiger partial charge in [0.25, 0.3) is 5.91 Å². The molecule has 200 valence electrons. The van der Waals surface area contributed by atoms with E-state index in [1.807, 2.05) is 50.2 Å². The number of fused-ring (bicyclic) bond motifs is 1. The number of halogens is 4. The minimum Gasteiger partial charge on any atom is -0.362 e. The quantitative estimate of drug-likeness (QED) is 0.378. The molecule has 1 heterocycles. The number of nitrogens with zero attached hydrogens (tertiary/aromatic N) is 3. The highest BCUT2D eigenvalue weighted by molar-refractivity contribution is 5.94. The summed E-state index contributed by atoms with van der Waals surface area (Å²) in [5, 5.41) is 3.73. The highest BCUT2D eigenvalue weighted by Gasteiger charge is 2.32. The molecule has 0 aliphatic heterocycles. The van der Waals surface area contributed by atoms with Gasteiger partial charge in [-0.05, 0) is 61.9 Å². The Labute approximate surface area is 215 Å². The molecule has 1 fully saturated rings. The summed E-state index contributed by atoms with van der Waals surface area (Å²) < 4.78 is 51.3. The van der Waals surface area contributed by atoms with Crippen LogP contribution in [0.1, 0.15) is 60.8 Å². The number of carbonyl (C=O) groups is 1. The van der Waals surface area contributed by atoms with Crippen molar-refractivity contribution in [1.29, 1.82) is 0 Å². The lowest BCUT2D eigenvalue weighted by Crippen LogP contribution is -2.31. The largest absolute Gasteiger partial charge is 0.416 e. The Bertz CT molecular complexity index is 1200. The summed E-state index contributed by atoms with van der Waals surface area (Å²) in [5.41, 5.74) is -0.436. The number of aryl methyl sites for hydroxylation is 1. The van der Waals surface area contributed by atoms with Crippen LogP contribution in [0, 0.1) is 24.6 Å². The number of para-hydroxylation sites is 1. The number of alkyl halides is 3. The van der Waals surface area contributed by atoms with Crippen LogP contribution >= 0.6 is 0 Å². The Morgan fingerprint density at radius 3 is 2.30 bits per heavy atom. The van der Waals surface area contributed by atoms with Crippen molar-refractivity contribution in [2.45, 2.75) is 52.1 Å². The molecule has 1 aliphatic carbocycles. The zero-order valence-electron chi connectivity index (χ0n) is 21.7. The summed E-state index contributed by atoms with van der Waals surface area (Å²) in [6, 6.07) is 9.97. The van der Waals surface area contributed by atoms with E-state index in [9.17, 15) is 22.4 Å². The Kier molecular flexibility index (Phi) is 9.45. The van der Waals surface area contributed by atoms with Gasteiger partial charge in [-0.25, -0.2) is 14.4 Å². The van der Waals surface area contributed by atoms with Crippen LogP contribution in [0.15, 0.2) is 42.5 Å². The molecule has 1 saturated carbocycles. The number of rotatable bonds is 5. The molecule has 3 aromatic rings. The van der Waals surface area contributed by atoms with Gasteiger partial charge in [-0.2, -0.15) is 13.2 Å². The van der Waals surface area contributed by atoms with E-state index >= 15 is 0 Å². The number of amides is 1. The van der Waals surface area contributed by atoms with E-state index in [0.29, 0.717) is 24.6 Å². The highest BCUT2D eigenvalue weighted by atomic mass is 19.4. The van der Waals surface area contributed by atoms with Crippen molar-refractivity contribution >= 4 is 22.6 Å². The third-order valence-electron chi connectivity index (χ3n) is 6.70.